The van der Waals surface area contributed by atoms with Crippen LogP contribution in [0.4, 0.5) is 0 Å². The predicted octanol–water partition coefficient (Wildman–Crippen LogP) is 6.47. The minimum atomic E-state index is -1.04. The van der Waals surface area contributed by atoms with Crippen molar-refractivity contribution < 1.29 is 63.1 Å². The molecule has 252 valence electrons. The maximum atomic E-state index is 13.6. The maximum absolute atomic E-state index is 13.6. The topological polar surface area (TPSA) is 159 Å². The number of carbonyl (C=O) groups excluding carboxylic acids is 5. The smallest absolute Gasteiger partial charge is 0.293 e. The van der Waals surface area contributed by atoms with E-state index in [1.807, 2.05) is 27.7 Å². The summed E-state index contributed by atoms with van der Waals surface area (Å²) in [6.07, 6.45) is 5.72. The second-order valence-corrected chi connectivity index (χ2v) is 10.0. The summed E-state index contributed by atoms with van der Waals surface area (Å²) in [5.41, 5.74) is -1.21. The van der Waals surface area contributed by atoms with Crippen molar-refractivity contribution in [2.45, 2.75) is 79.1 Å². The average Bonchev–Trinajstić information content (AvgIpc) is 3.07. The molecule has 2 aromatic rings. The summed E-state index contributed by atoms with van der Waals surface area (Å²) in [6.45, 7) is 8.28. The molecular weight excluding hydrogens is 604 g/mol. The van der Waals surface area contributed by atoms with E-state index >= 15 is 0 Å². The van der Waals surface area contributed by atoms with Crippen LogP contribution in [0.2, 0.25) is 0 Å². The van der Waals surface area contributed by atoms with Gasteiger partial charge in [0, 0.05) is 11.1 Å². The molecule has 0 spiro atoms. The molecule has 2 aromatic carbocycles. The molecule has 0 aliphatic rings. The van der Waals surface area contributed by atoms with E-state index in [0.717, 1.165) is 37.8 Å². The monoisotopic (exact) mass is 646 g/mol. The molecule has 0 bridgehead atoms. The van der Waals surface area contributed by atoms with Gasteiger partial charge in [0.25, 0.3) is 0 Å². The van der Waals surface area contributed by atoms with E-state index in [9.17, 15) is 24.0 Å². The molecule has 0 unspecified atom stereocenters. The molecule has 0 N–H and O–H groups in total. The van der Waals surface area contributed by atoms with Crippen molar-refractivity contribution in [2.24, 2.45) is 0 Å². The third-order valence-corrected chi connectivity index (χ3v) is 6.31. The zero-order valence-corrected chi connectivity index (χ0v) is 26.8. The van der Waals surface area contributed by atoms with E-state index in [-0.39, 0.29) is 59.8 Å². The second kappa shape index (κ2) is 21.5. The molecule has 2 rings (SSSR count). The highest BCUT2D eigenvalue weighted by molar-refractivity contribution is 6.13. The Morgan fingerprint density at radius 2 is 0.717 bits per heavy atom. The Balaban J connectivity index is 2.43. The van der Waals surface area contributed by atoms with Gasteiger partial charge in [0.05, 0.1) is 48.7 Å². The molecule has 13 nitrogen and oxygen atoms in total. The van der Waals surface area contributed by atoms with Crippen LogP contribution >= 0.6 is 0 Å². The Morgan fingerprint density at radius 3 is 1.00 bits per heavy atom. The van der Waals surface area contributed by atoms with Crippen LogP contribution in [0.25, 0.3) is 0 Å². The summed E-state index contributed by atoms with van der Waals surface area (Å²) in [4.78, 5) is 104. The van der Waals surface area contributed by atoms with Crippen LogP contribution in [0.5, 0.6) is 0 Å². The molecule has 0 radical (unpaired) electrons. The van der Waals surface area contributed by atoms with E-state index in [4.69, 9.17) is 39.1 Å². The Labute approximate surface area is 268 Å². The first-order chi connectivity index (χ1) is 22.3. The van der Waals surface area contributed by atoms with E-state index in [1.165, 1.54) is 24.3 Å². The molecule has 0 saturated heterocycles. The van der Waals surface area contributed by atoms with Gasteiger partial charge < -0.3 is 0 Å². The highest BCUT2D eigenvalue weighted by atomic mass is 17.2. The third kappa shape index (κ3) is 12.3. The number of hydrogen-bond donors (Lipinski definition) is 0. The fourth-order valence-electron chi connectivity index (χ4n) is 3.60. The lowest BCUT2D eigenvalue weighted by Gasteiger charge is -2.12. The number of unbranched alkanes of at least 4 members (excludes halogenated alkanes) is 4. The van der Waals surface area contributed by atoms with Gasteiger partial charge in [0.1, 0.15) is 0 Å². The van der Waals surface area contributed by atoms with Crippen LogP contribution in [0.1, 0.15) is 136 Å². The minimum Gasteiger partial charge on any atom is -0.293 e. The van der Waals surface area contributed by atoms with Gasteiger partial charge in [0.15, 0.2) is 5.78 Å². The van der Waals surface area contributed by atoms with Crippen LogP contribution in [-0.4, -0.2) is 56.1 Å². The number of benzene rings is 2. The lowest BCUT2D eigenvalue weighted by atomic mass is 9.95. The summed E-state index contributed by atoms with van der Waals surface area (Å²) in [7, 11) is 0. The minimum absolute atomic E-state index is 0.0549. The molecule has 13 heteroatoms. The first kappa shape index (κ1) is 38.0. The highest BCUT2D eigenvalue weighted by Gasteiger charge is 2.26. The van der Waals surface area contributed by atoms with Crippen LogP contribution in [0, 0.1) is 0 Å². The van der Waals surface area contributed by atoms with Crippen LogP contribution < -0.4 is 0 Å². The van der Waals surface area contributed by atoms with Gasteiger partial charge in [-0.05, 0) is 49.9 Å². The largest absolute Gasteiger partial charge is 0.373 e. The van der Waals surface area contributed by atoms with Crippen LogP contribution in [0.3, 0.4) is 0 Å². The molecule has 0 amide bonds. The molecule has 0 aliphatic carbocycles. The quantitative estimate of drug-likeness (QED) is 0.0593. The van der Waals surface area contributed by atoms with Gasteiger partial charge in [-0.2, -0.15) is 19.6 Å². The number of ketones is 1. The number of hydrogen-bond acceptors (Lipinski definition) is 13. The Kier molecular flexibility index (Phi) is 17.8. The molecule has 0 saturated carbocycles. The Hall–Kier alpha value is -4.17. The molecule has 0 aromatic heterocycles. The van der Waals surface area contributed by atoms with Gasteiger partial charge in [-0.15, -0.1) is 0 Å². The van der Waals surface area contributed by atoms with Gasteiger partial charge in [-0.25, -0.2) is 19.2 Å². The summed E-state index contributed by atoms with van der Waals surface area (Å²) in [5.74, 6) is -4.71. The fraction of sp³-hybridized carbons (Fsp3) is 0.485. The van der Waals surface area contributed by atoms with Gasteiger partial charge in [0.2, 0.25) is 0 Å². The number of rotatable bonds is 22. The van der Waals surface area contributed by atoms with Crippen LogP contribution in [-0.2, 0) is 39.1 Å². The van der Waals surface area contributed by atoms with Crippen molar-refractivity contribution >= 4 is 29.7 Å². The summed E-state index contributed by atoms with van der Waals surface area (Å²) >= 11 is 0. The zero-order chi connectivity index (χ0) is 33.7. The SMILES string of the molecule is CCCCOOC(=O)c1ccc(C(=O)c2ccc(C(=O)OOCCCC)c(C(=O)OOCCCC)c2)cc1C(=O)OOCCCC. The maximum Gasteiger partial charge on any atom is 0.373 e. The first-order valence-electron chi connectivity index (χ1n) is 15.5. The lowest BCUT2D eigenvalue weighted by Crippen LogP contribution is -2.18. The van der Waals surface area contributed by atoms with Crippen molar-refractivity contribution in [3.05, 3.63) is 69.8 Å². The second-order valence-electron chi connectivity index (χ2n) is 10.0. The fourth-order valence-corrected chi connectivity index (χ4v) is 3.60. The van der Waals surface area contributed by atoms with Crippen molar-refractivity contribution in [3.63, 3.8) is 0 Å². The van der Waals surface area contributed by atoms with Crippen molar-refractivity contribution in [2.75, 3.05) is 26.4 Å². The summed E-state index contributed by atoms with van der Waals surface area (Å²) < 4.78 is 0. The van der Waals surface area contributed by atoms with Crippen molar-refractivity contribution in [1.29, 1.82) is 0 Å². The molecule has 0 atom stereocenters. The van der Waals surface area contributed by atoms with E-state index in [1.54, 1.807) is 0 Å². The van der Waals surface area contributed by atoms with E-state index in [2.05, 4.69) is 0 Å². The van der Waals surface area contributed by atoms with Gasteiger partial charge >= 0.3 is 23.9 Å². The lowest BCUT2D eigenvalue weighted by molar-refractivity contribution is -0.243. The number of carbonyl (C=O) groups is 5. The van der Waals surface area contributed by atoms with Gasteiger partial charge in [-0.3, -0.25) is 24.3 Å². The van der Waals surface area contributed by atoms with Crippen LogP contribution in [0.15, 0.2) is 36.4 Å². The van der Waals surface area contributed by atoms with Gasteiger partial charge in [-0.1, -0.05) is 65.5 Å². The normalized spacial score (nSPS) is 10.7. The summed E-state index contributed by atoms with van der Waals surface area (Å²) in [6, 6.07) is 7.25. The molecular formula is C33H42O13. The Morgan fingerprint density at radius 1 is 0.435 bits per heavy atom. The molecule has 46 heavy (non-hydrogen) atoms. The predicted molar refractivity (Wildman–Crippen MR) is 161 cm³/mol. The summed E-state index contributed by atoms with van der Waals surface area (Å²) in [5, 5.41) is 0. The first-order valence-corrected chi connectivity index (χ1v) is 15.5. The standard InChI is InChI=1S/C33H42O13/c1-5-9-17-39-43-30(35)25-15-13-23(21-27(25)32(37)45-41-19-11-7-3)29(34)24-14-16-26(31(36)44-40-18-10-6-2)28(22-24)33(38)46-42-20-12-8-4/h13-16,21-22H,5-12,17-20H2,1-4H3. The van der Waals surface area contributed by atoms with E-state index in [0.29, 0.717) is 25.7 Å². The molecule has 0 fully saturated rings. The van der Waals surface area contributed by atoms with Crippen molar-refractivity contribution in [1.82, 2.24) is 0 Å². The van der Waals surface area contributed by atoms with E-state index < -0.39 is 29.7 Å². The Bertz CT molecular complexity index is 1210. The van der Waals surface area contributed by atoms with Crippen molar-refractivity contribution in [3.8, 4) is 0 Å². The zero-order valence-electron chi connectivity index (χ0n) is 26.8. The average molecular weight is 647 g/mol. The molecule has 0 heterocycles. The highest BCUT2D eigenvalue weighted by Crippen LogP contribution is 2.22. The molecule has 0 aliphatic heterocycles. The third-order valence-electron chi connectivity index (χ3n) is 6.31.